The first-order valence-corrected chi connectivity index (χ1v) is 10.9. The molecule has 7 heteroatoms. The monoisotopic (exact) mass is 439 g/mol. The number of hydrogen-bond acceptors (Lipinski definition) is 3. The summed E-state index contributed by atoms with van der Waals surface area (Å²) in [5.74, 6) is 0.304. The third-order valence-electron chi connectivity index (χ3n) is 5.85. The highest BCUT2D eigenvalue weighted by molar-refractivity contribution is 5.95. The third-order valence-corrected chi connectivity index (χ3v) is 5.85. The van der Waals surface area contributed by atoms with Crippen LogP contribution in [0.2, 0.25) is 0 Å². The molecular formula is C26H25N5O2. The molecule has 0 spiro atoms. The first-order chi connectivity index (χ1) is 15.8. The van der Waals surface area contributed by atoms with Crippen LogP contribution in [-0.2, 0) is 0 Å². The standard InChI is InChI=1S/C26H25N5O2/c1-14(2)23-20-11-17(19-12-22(30-26(32)33)25-27-7-8-31(25)13-19)5-6-21(20)29-24(23)18-9-15(3)28-16(4)10-18/h5-14,29-30H,1-4H3,(H,32,33). The minimum atomic E-state index is -1.12. The fourth-order valence-electron chi connectivity index (χ4n) is 4.60. The van der Waals surface area contributed by atoms with Crippen molar-refractivity contribution in [1.82, 2.24) is 19.4 Å². The maximum absolute atomic E-state index is 11.3. The molecule has 0 aliphatic rings. The van der Waals surface area contributed by atoms with Gasteiger partial charge in [0.15, 0.2) is 5.65 Å². The van der Waals surface area contributed by atoms with E-state index in [1.54, 1.807) is 6.20 Å². The first kappa shape index (κ1) is 20.8. The molecule has 0 atom stereocenters. The van der Waals surface area contributed by atoms with Gasteiger partial charge >= 0.3 is 6.09 Å². The SMILES string of the molecule is Cc1cc(-c2[nH]c3ccc(-c4cc(NC(=O)O)c5nccn5c4)cc3c2C(C)C)cc(C)n1. The van der Waals surface area contributed by atoms with Crippen LogP contribution in [0, 0.1) is 13.8 Å². The zero-order chi connectivity index (χ0) is 23.3. The average Bonchev–Trinajstić information content (AvgIpc) is 3.36. The van der Waals surface area contributed by atoms with Gasteiger partial charge in [-0.1, -0.05) is 19.9 Å². The second kappa shape index (κ2) is 7.78. The molecule has 0 radical (unpaired) electrons. The molecular weight excluding hydrogens is 414 g/mol. The molecule has 5 aromatic rings. The number of nitrogens with one attached hydrogen (secondary N) is 2. The summed E-state index contributed by atoms with van der Waals surface area (Å²) < 4.78 is 1.83. The van der Waals surface area contributed by atoms with Crippen LogP contribution in [0.3, 0.4) is 0 Å². The van der Waals surface area contributed by atoms with E-state index in [2.05, 4.69) is 64.4 Å². The number of amides is 1. The van der Waals surface area contributed by atoms with Crippen LogP contribution in [-0.4, -0.2) is 30.6 Å². The number of nitrogens with zero attached hydrogens (tertiary/aromatic N) is 3. The fraction of sp³-hybridized carbons (Fsp3) is 0.192. The summed E-state index contributed by atoms with van der Waals surface area (Å²) in [4.78, 5) is 23.7. The summed E-state index contributed by atoms with van der Waals surface area (Å²) in [6, 6.07) is 12.4. The molecule has 0 unspecified atom stereocenters. The molecule has 33 heavy (non-hydrogen) atoms. The lowest BCUT2D eigenvalue weighted by molar-refractivity contribution is 0.210. The van der Waals surface area contributed by atoms with E-state index in [0.717, 1.165) is 44.7 Å². The van der Waals surface area contributed by atoms with Crippen LogP contribution in [0.4, 0.5) is 10.5 Å². The van der Waals surface area contributed by atoms with Crippen molar-refractivity contribution >= 4 is 28.3 Å². The van der Waals surface area contributed by atoms with Crippen molar-refractivity contribution in [2.24, 2.45) is 0 Å². The Labute approximate surface area is 191 Å². The molecule has 166 valence electrons. The largest absolute Gasteiger partial charge is 0.465 e. The van der Waals surface area contributed by atoms with Gasteiger partial charge in [0.05, 0.1) is 11.4 Å². The normalized spacial score (nSPS) is 11.5. The Hall–Kier alpha value is -4.13. The van der Waals surface area contributed by atoms with Gasteiger partial charge in [-0.2, -0.15) is 0 Å². The highest BCUT2D eigenvalue weighted by atomic mass is 16.4. The van der Waals surface area contributed by atoms with Crippen molar-refractivity contribution in [1.29, 1.82) is 0 Å². The number of H-pyrrole nitrogens is 1. The van der Waals surface area contributed by atoms with Crippen LogP contribution >= 0.6 is 0 Å². The number of anilines is 1. The molecule has 1 amide bonds. The van der Waals surface area contributed by atoms with Crippen molar-refractivity contribution in [3.63, 3.8) is 0 Å². The van der Waals surface area contributed by atoms with E-state index in [1.165, 1.54) is 5.56 Å². The molecule has 3 N–H and O–H groups in total. The Kier molecular flexibility index (Phi) is 4.89. The number of aryl methyl sites for hydroxylation is 2. The number of hydrogen-bond donors (Lipinski definition) is 3. The van der Waals surface area contributed by atoms with Gasteiger partial charge in [-0.25, -0.2) is 9.78 Å². The van der Waals surface area contributed by atoms with Gasteiger partial charge in [0.2, 0.25) is 0 Å². The van der Waals surface area contributed by atoms with Gasteiger partial charge < -0.3 is 14.5 Å². The molecule has 5 rings (SSSR count). The number of benzene rings is 1. The lowest BCUT2D eigenvalue weighted by Gasteiger charge is -2.11. The highest BCUT2D eigenvalue weighted by Crippen LogP contribution is 2.38. The van der Waals surface area contributed by atoms with Crippen molar-refractivity contribution in [3.05, 3.63) is 71.9 Å². The Morgan fingerprint density at radius 3 is 2.52 bits per heavy atom. The predicted molar refractivity (Wildman–Crippen MR) is 131 cm³/mol. The Bertz CT molecular complexity index is 1510. The summed E-state index contributed by atoms with van der Waals surface area (Å²) in [5, 5.41) is 12.9. The minimum absolute atomic E-state index is 0.304. The third kappa shape index (κ3) is 3.71. The van der Waals surface area contributed by atoms with Gasteiger partial charge in [0.1, 0.15) is 0 Å². The number of pyridine rings is 2. The van der Waals surface area contributed by atoms with Crippen molar-refractivity contribution in [2.45, 2.75) is 33.6 Å². The van der Waals surface area contributed by atoms with E-state index < -0.39 is 6.09 Å². The van der Waals surface area contributed by atoms with E-state index in [1.807, 2.05) is 36.7 Å². The second-order valence-electron chi connectivity index (χ2n) is 8.70. The smallest absolute Gasteiger partial charge is 0.409 e. The van der Waals surface area contributed by atoms with Gasteiger partial charge in [0.25, 0.3) is 0 Å². The van der Waals surface area contributed by atoms with E-state index in [4.69, 9.17) is 0 Å². The van der Waals surface area contributed by atoms with Gasteiger partial charge in [-0.15, -0.1) is 0 Å². The van der Waals surface area contributed by atoms with E-state index in [-0.39, 0.29) is 0 Å². The molecule has 0 fully saturated rings. The number of aromatic amines is 1. The molecule has 4 heterocycles. The van der Waals surface area contributed by atoms with Crippen LogP contribution in [0.15, 0.2) is 55.0 Å². The maximum atomic E-state index is 11.3. The summed E-state index contributed by atoms with van der Waals surface area (Å²) in [5.41, 5.74) is 9.47. The Balaban J connectivity index is 1.70. The maximum Gasteiger partial charge on any atom is 0.409 e. The number of aromatic nitrogens is 4. The summed E-state index contributed by atoms with van der Waals surface area (Å²) in [7, 11) is 0. The van der Waals surface area contributed by atoms with Crippen LogP contribution in [0.1, 0.15) is 36.7 Å². The number of carbonyl (C=O) groups is 1. The van der Waals surface area contributed by atoms with Gasteiger partial charge in [0, 0.05) is 52.0 Å². The Morgan fingerprint density at radius 1 is 1.06 bits per heavy atom. The lowest BCUT2D eigenvalue weighted by Crippen LogP contribution is -2.08. The summed E-state index contributed by atoms with van der Waals surface area (Å²) in [6.45, 7) is 8.43. The molecule has 0 saturated heterocycles. The molecule has 0 aliphatic heterocycles. The van der Waals surface area contributed by atoms with Crippen molar-refractivity contribution < 1.29 is 9.90 Å². The molecule has 0 saturated carbocycles. The predicted octanol–water partition coefficient (Wildman–Crippen LogP) is 6.37. The summed E-state index contributed by atoms with van der Waals surface area (Å²) in [6.07, 6.45) is 4.32. The number of fused-ring (bicyclic) bond motifs is 2. The lowest BCUT2D eigenvalue weighted by atomic mass is 9.94. The van der Waals surface area contributed by atoms with Crippen molar-refractivity contribution in [3.8, 4) is 22.4 Å². The molecule has 0 aliphatic carbocycles. The number of carboxylic acid groups (broad SMARTS) is 1. The minimum Gasteiger partial charge on any atom is -0.465 e. The van der Waals surface area contributed by atoms with Crippen molar-refractivity contribution in [2.75, 3.05) is 5.32 Å². The van der Waals surface area contributed by atoms with Gasteiger partial charge in [-0.3, -0.25) is 10.3 Å². The van der Waals surface area contributed by atoms with Crippen LogP contribution in [0.5, 0.6) is 0 Å². The highest BCUT2D eigenvalue weighted by Gasteiger charge is 2.18. The molecule has 0 bridgehead atoms. The van der Waals surface area contributed by atoms with Crippen LogP contribution < -0.4 is 5.32 Å². The quantitative estimate of drug-likeness (QED) is 0.303. The van der Waals surface area contributed by atoms with E-state index >= 15 is 0 Å². The average molecular weight is 440 g/mol. The topological polar surface area (TPSA) is 95.3 Å². The molecule has 1 aromatic carbocycles. The summed E-state index contributed by atoms with van der Waals surface area (Å²) >= 11 is 0. The number of rotatable bonds is 4. The van der Waals surface area contributed by atoms with E-state index in [0.29, 0.717) is 17.3 Å². The second-order valence-corrected chi connectivity index (χ2v) is 8.70. The first-order valence-electron chi connectivity index (χ1n) is 10.9. The zero-order valence-corrected chi connectivity index (χ0v) is 19.0. The molecule has 7 nitrogen and oxygen atoms in total. The number of imidazole rings is 1. The van der Waals surface area contributed by atoms with Crippen LogP contribution in [0.25, 0.3) is 38.9 Å². The molecule has 4 aromatic heterocycles. The fourth-order valence-corrected chi connectivity index (χ4v) is 4.60. The van der Waals surface area contributed by atoms with Gasteiger partial charge in [-0.05, 0) is 61.2 Å². The Morgan fingerprint density at radius 2 is 1.82 bits per heavy atom. The zero-order valence-electron chi connectivity index (χ0n) is 19.0. The van der Waals surface area contributed by atoms with E-state index in [9.17, 15) is 9.90 Å².